The lowest BCUT2D eigenvalue weighted by molar-refractivity contribution is 0.144. The number of halogens is 4. The van der Waals surface area contributed by atoms with Gasteiger partial charge in [0.1, 0.15) is 5.75 Å². The first-order chi connectivity index (χ1) is 5.52. The van der Waals surface area contributed by atoms with Crippen LogP contribution < -0.4 is 0 Å². The van der Waals surface area contributed by atoms with Crippen LogP contribution >= 0.6 is 15.9 Å². The van der Waals surface area contributed by atoms with Crippen molar-refractivity contribution in [2.75, 3.05) is 0 Å². The highest BCUT2D eigenvalue weighted by molar-refractivity contribution is 9.10. The van der Waals surface area contributed by atoms with Crippen molar-refractivity contribution in [1.82, 2.24) is 4.98 Å². The first kappa shape index (κ1) is 9.31. The third kappa shape index (κ3) is 1.69. The van der Waals surface area contributed by atoms with Crippen LogP contribution in [0.4, 0.5) is 13.2 Å². The summed E-state index contributed by atoms with van der Waals surface area (Å²) >= 11 is 2.68. The Balaban J connectivity index is 3.23. The number of nitrogens with zero attached hydrogens (tertiary/aromatic N) is 1. The van der Waals surface area contributed by atoms with Crippen LogP contribution in [0.25, 0.3) is 0 Å². The molecule has 0 fully saturated rings. The van der Waals surface area contributed by atoms with Crippen LogP contribution in [-0.2, 0) is 0 Å². The van der Waals surface area contributed by atoms with Gasteiger partial charge in [0.15, 0.2) is 4.60 Å². The van der Waals surface area contributed by atoms with Crippen molar-refractivity contribution >= 4 is 15.9 Å². The molecule has 0 aliphatic rings. The SMILES string of the molecule is Oc1cc(C(F)F)c(F)nc1Br. The van der Waals surface area contributed by atoms with E-state index in [0.717, 1.165) is 0 Å². The lowest BCUT2D eigenvalue weighted by atomic mass is 10.3. The molecule has 1 heterocycles. The average molecular weight is 242 g/mol. The predicted octanol–water partition coefficient (Wildman–Crippen LogP) is 2.63. The van der Waals surface area contributed by atoms with Gasteiger partial charge in [-0.25, -0.2) is 13.8 Å². The molecule has 6 heteroatoms. The number of hydrogen-bond acceptors (Lipinski definition) is 2. The smallest absolute Gasteiger partial charge is 0.268 e. The van der Waals surface area contributed by atoms with Gasteiger partial charge in [0.25, 0.3) is 6.43 Å². The highest BCUT2D eigenvalue weighted by Gasteiger charge is 2.17. The molecule has 0 atom stereocenters. The molecule has 0 unspecified atom stereocenters. The molecule has 0 aromatic carbocycles. The first-order valence-electron chi connectivity index (χ1n) is 2.85. The summed E-state index contributed by atoms with van der Waals surface area (Å²) in [6.45, 7) is 0. The summed E-state index contributed by atoms with van der Waals surface area (Å²) in [4.78, 5) is 3.01. The summed E-state index contributed by atoms with van der Waals surface area (Å²) in [6, 6.07) is 0.636. The van der Waals surface area contributed by atoms with E-state index in [1.165, 1.54) is 0 Å². The lowest BCUT2D eigenvalue weighted by Gasteiger charge is -2.02. The molecule has 0 spiro atoms. The molecule has 0 aliphatic carbocycles. The minimum absolute atomic E-state index is 0.190. The standard InChI is InChI=1S/C6H3BrF3NO/c7-4-3(12)1-2(5(8)9)6(10)11-4/h1,5,12H. The molecule has 1 aromatic rings. The third-order valence-corrected chi connectivity index (χ3v) is 1.76. The van der Waals surface area contributed by atoms with E-state index in [4.69, 9.17) is 5.11 Å². The summed E-state index contributed by atoms with van der Waals surface area (Å²) in [7, 11) is 0. The molecule has 1 rings (SSSR count). The molecule has 0 saturated carbocycles. The third-order valence-electron chi connectivity index (χ3n) is 1.17. The Morgan fingerprint density at radius 3 is 2.58 bits per heavy atom. The maximum atomic E-state index is 12.5. The molecule has 1 N–H and O–H groups in total. The topological polar surface area (TPSA) is 33.1 Å². The average Bonchev–Trinajstić information content (AvgIpc) is 1.96. The summed E-state index contributed by atoms with van der Waals surface area (Å²) < 4.78 is 36.2. The van der Waals surface area contributed by atoms with E-state index in [0.29, 0.717) is 6.07 Å². The minimum atomic E-state index is -2.98. The zero-order chi connectivity index (χ0) is 9.30. The Morgan fingerprint density at radius 2 is 2.08 bits per heavy atom. The fourth-order valence-corrected chi connectivity index (χ4v) is 0.898. The summed E-state index contributed by atoms with van der Waals surface area (Å²) in [5.41, 5.74) is -0.907. The maximum absolute atomic E-state index is 12.5. The molecule has 0 aliphatic heterocycles. The molecule has 0 amide bonds. The molecule has 66 valence electrons. The summed E-state index contributed by atoms with van der Waals surface area (Å²) in [5, 5.41) is 8.86. The van der Waals surface area contributed by atoms with Crippen LogP contribution in [0.2, 0.25) is 0 Å². The number of alkyl halides is 2. The Labute approximate surface area is 74.2 Å². The Kier molecular flexibility index (Phi) is 2.56. The van der Waals surface area contributed by atoms with Gasteiger partial charge in [-0.2, -0.15) is 4.39 Å². The fraction of sp³-hybridized carbons (Fsp3) is 0.167. The monoisotopic (exact) mass is 241 g/mol. The number of rotatable bonds is 1. The Morgan fingerprint density at radius 1 is 1.50 bits per heavy atom. The zero-order valence-corrected chi connectivity index (χ0v) is 7.15. The van der Waals surface area contributed by atoms with Crippen molar-refractivity contribution in [2.24, 2.45) is 0 Å². The number of aromatic nitrogens is 1. The highest BCUT2D eigenvalue weighted by atomic mass is 79.9. The van der Waals surface area contributed by atoms with Gasteiger partial charge >= 0.3 is 0 Å². The lowest BCUT2D eigenvalue weighted by Crippen LogP contribution is -1.94. The van der Waals surface area contributed by atoms with E-state index in [2.05, 4.69) is 20.9 Å². The second kappa shape index (κ2) is 3.30. The van der Waals surface area contributed by atoms with Crippen molar-refractivity contribution in [3.05, 3.63) is 22.2 Å². The zero-order valence-electron chi connectivity index (χ0n) is 5.56. The van der Waals surface area contributed by atoms with Crippen molar-refractivity contribution < 1.29 is 18.3 Å². The van der Waals surface area contributed by atoms with Gasteiger partial charge in [0.2, 0.25) is 5.95 Å². The quantitative estimate of drug-likeness (QED) is 0.768. The van der Waals surface area contributed by atoms with Gasteiger partial charge < -0.3 is 5.11 Å². The van der Waals surface area contributed by atoms with E-state index >= 15 is 0 Å². The van der Waals surface area contributed by atoms with Gasteiger partial charge in [-0.3, -0.25) is 0 Å². The minimum Gasteiger partial charge on any atom is -0.505 e. The number of aromatic hydroxyl groups is 1. The molecular formula is C6H3BrF3NO. The van der Waals surface area contributed by atoms with E-state index in [9.17, 15) is 13.2 Å². The number of hydrogen-bond donors (Lipinski definition) is 1. The number of pyridine rings is 1. The summed E-state index contributed by atoms with van der Waals surface area (Å²) in [6.07, 6.45) is -2.98. The van der Waals surface area contributed by atoms with Crippen LogP contribution in [0.1, 0.15) is 12.0 Å². The van der Waals surface area contributed by atoms with Crippen molar-refractivity contribution in [3.63, 3.8) is 0 Å². The van der Waals surface area contributed by atoms with E-state index < -0.39 is 23.7 Å². The molecule has 1 aromatic heterocycles. The van der Waals surface area contributed by atoms with Crippen LogP contribution in [0.3, 0.4) is 0 Å². The van der Waals surface area contributed by atoms with Crippen molar-refractivity contribution in [1.29, 1.82) is 0 Å². The molecule has 2 nitrogen and oxygen atoms in total. The van der Waals surface area contributed by atoms with Crippen molar-refractivity contribution in [2.45, 2.75) is 6.43 Å². The van der Waals surface area contributed by atoms with Crippen LogP contribution in [0.15, 0.2) is 10.7 Å². The van der Waals surface area contributed by atoms with Crippen LogP contribution in [0.5, 0.6) is 5.75 Å². The van der Waals surface area contributed by atoms with Gasteiger partial charge in [0.05, 0.1) is 5.56 Å². The fourth-order valence-electron chi connectivity index (χ4n) is 0.627. The molecule has 0 bridgehead atoms. The Hall–Kier alpha value is -0.780. The molecule has 0 saturated heterocycles. The van der Waals surface area contributed by atoms with Crippen LogP contribution in [-0.4, -0.2) is 10.1 Å². The van der Waals surface area contributed by atoms with Gasteiger partial charge in [-0.1, -0.05) is 0 Å². The highest BCUT2D eigenvalue weighted by Crippen LogP contribution is 2.28. The van der Waals surface area contributed by atoms with Gasteiger partial charge in [-0.15, -0.1) is 0 Å². The predicted molar refractivity (Wildman–Crippen MR) is 38.5 cm³/mol. The van der Waals surface area contributed by atoms with Gasteiger partial charge in [0, 0.05) is 0 Å². The van der Waals surface area contributed by atoms with E-state index in [1.54, 1.807) is 0 Å². The van der Waals surface area contributed by atoms with Gasteiger partial charge in [-0.05, 0) is 22.0 Å². The largest absolute Gasteiger partial charge is 0.505 e. The Bertz CT molecular complexity index is 305. The normalized spacial score (nSPS) is 10.8. The van der Waals surface area contributed by atoms with E-state index in [-0.39, 0.29) is 4.60 Å². The molecule has 12 heavy (non-hydrogen) atoms. The summed E-state index contributed by atoms with van der Waals surface area (Å²) in [5.74, 6) is -1.79. The molecular weight excluding hydrogens is 239 g/mol. The molecule has 0 radical (unpaired) electrons. The van der Waals surface area contributed by atoms with Crippen LogP contribution in [0, 0.1) is 5.95 Å². The maximum Gasteiger partial charge on any atom is 0.268 e. The second-order valence-corrected chi connectivity index (χ2v) is 2.73. The first-order valence-corrected chi connectivity index (χ1v) is 3.64. The van der Waals surface area contributed by atoms with E-state index in [1.807, 2.05) is 0 Å². The van der Waals surface area contributed by atoms with Crippen molar-refractivity contribution in [3.8, 4) is 5.75 Å². The second-order valence-electron chi connectivity index (χ2n) is 1.98.